The monoisotopic (exact) mass is 725 g/mol. The highest BCUT2D eigenvalue weighted by molar-refractivity contribution is 7.10. The Balaban J connectivity index is 1.36. The molecule has 12 nitrogen and oxygen atoms in total. The van der Waals surface area contributed by atoms with Crippen LogP contribution >= 0.6 is 22.7 Å². The van der Waals surface area contributed by atoms with E-state index >= 15 is 0 Å². The van der Waals surface area contributed by atoms with Crippen molar-refractivity contribution in [3.63, 3.8) is 0 Å². The third kappa shape index (κ3) is 8.75. The molecule has 3 N–H and O–H groups in total. The van der Waals surface area contributed by atoms with Gasteiger partial charge in [0.05, 0.1) is 23.6 Å². The molecule has 0 fully saturated rings. The second kappa shape index (κ2) is 15.8. The van der Waals surface area contributed by atoms with Gasteiger partial charge in [-0.25, -0.2) is 15.0 Å². The van der Waals surface area contributed by atoms with Crippen molar-refractivity contribution in [1.29, 1.82) is 0 Å². The van der Waals surface area contributed by atoms with Crippen LogP contribution in [0.3, 0.4) is 0 Å². The zero-order chi connectivity index (χ0) is 36.1. The molecule has 0 radical (unpaired) electrons. The van der Waals surface area contributed by atoms with E-state index in [4.69, 9.17) is 4.42 Å². The van der Waals surface area contributed by atoms with Crippen LogP contribution in [0.15, 0.2) is 75.8 Å². The molecule has 51 heavy (non-hydrogen) atoms. The van der Waals surface area contributed by atoms with E-state index in [0.29, 0.717) is 23.6 Å². The van der Waals surface area contributed by atoms with Crippen LogP contribution in [0.1, 0.15) is 97.1 Å². The predicted octanol–water partition coefficient (Wildman–Crippen LogP) is 5.29. The van der Waals surface area contributed by atoms with E-state index in [2.05, 4.69) is 30.9 Å². The summed E-state index contributed by atoms with van der Waals surface area (Å²) >= 11 is 2.62. The minimum absolute atomic E-state index is 0.0104. The van der Waals surface area contributed by atoms with Gasteiger partial charge >= 0.3 is 0 Å². The van der Waals surface area contributed by atoms with Crippen LogP contribution < -0.4 is 16.0 Å². The number of oxazole rings is 1. The maximum Gasteiger partial charge on any atom is 0.274 e. The average molecular weight is 726 g/mol. The van der Waals surface area contributed by atoms with Crippen molar-refractivity contribution in [2.45, 2.75) is 58.7 Å². The molecule has 0 unspecified atom stereocenters. The third-order valence-corrected chi connectivity index (χ3v) is 10.3. The smallest absolute Gasteiger partial charge is 0.274 e. The van der Waals surface area contributed by atoms with Gasteiger partial charge in [-0.05, 0) is 37.3 Å². The molecule has 4 heterocycles. The van der Waals surface area contributed by atoms with Crippen LogP contribution in [-0.2, 0) is 17.6 Å². The Morgan fingerprint density at radius 2 is 1.61 bits per heavy atom. The lowest BCUT2D eigenvalue weighted by Crippen LogP contribution is -2.50. The first-order valence-electron chi connectivity index (χ1n) is 16.7. The quantitative estimate of drug-likeness (QED) is 0.213. The number of nitrogens with zero attached hydrogens (tertiary/aromatic N) is 4. The fourth-order valence-corrected chi connectivity index (χ4v) is 7.42. The van der Waals surface area contributed by atoms with Gasteiger partial charge in [0.2, 0.25) is 11.8 Å². The number of thiazole rings is 2. The highest BCUT2D eigenvalue weighted by Gasteiger charge is 2.31. The Bertz CT molecular complexity index is 2010. The van der Waals surface area contributed by atoms with Crippen molar-refractivity contribution in [3.8, 4) is 0 Å². The van der Waals surface area contributed by atoms with Crippen LogP contribution in [0.4, 0.5) is 0 Å². The Labute approximate surface area is 303 Å². The molecule has 0 saturated carbocycles. The van der Waals surface area contributed by atoms with Crippen LogP contribution in [0.25, 0.3) is 0 Å². The number of fused-ring (bicyclic) bond motifs is 4. The van der Waals surface area contributed by atoms with Crippen LogP contribution in [0.2, 0.25) is 0 Å². The number of benzene rings is 2. The summed E-state index contributed by atoms with van der Waals surface area (Å²) in [7, 11) is 0. The number of hydrogen-bond acceptors (Lipinski definition) is 10. The molecule has 5 aromatic rings. The van der Waals surface area contributed by atoms with E-state index in [1.807, 2.05) is 74.5 Å². The first-order valence-corrected chi connectivity index (χ1v) is 18.4. The summed E-state index contributed by atoms with van der Waals surface area (Å²) in [6, 6.07) is 17.6. The number of rotatable bonds is 6. The van der Waals surface area contributed by atoms with Gasteiger partial charge in [-0.2, -0.15) is 0 Å². The van der Waals surface area contributed by atoms with Gasteiger partial charge in [-0.1, -0.05) is 74.5 Å². The van der Waals surface area contributed by atoms with Crippen LogP contribution in [0, 0.1) is 12.8 Å². The van der Waals surface area contributed by atoms with Gasteiger partial charge in [0, 0.05) is 23.7 Å². The predicted molar refractivity (Wildman–Crippen MR) is 194 cm³/mol. The number of carbonyl (C=O) groups is 4. The van der Waals surface area contributed by atoms with Gasteiger partial charge < -0.3 is 25.3 Å². The molecule has 0 spiro atoms. The number of aryl methyl sites for hydroxylation is 1. The van der Waals surface area contributed by atoms with E-state index in [1.54, 1.807) is 24.6 Å². The summed E-state index contributed by atoms with van der Waals surface area (Å²) in [5.41, 5.74) is 2.47. The van der Waals surface area contributed by atoms with Gasteiger partial charge in [-0.15, -0.1) is 22.7 Å². The molecule has 4 amide bonds. The standard InChI is InChI=1S/C37H39N7O5S2/c1-21(2)31-35-43-32(23(4)49-35)34(47)38-22(3)36-41-27(19-51-36)33(46)39-26(15-24-11-7-5-8-12-24)17-44(18-29(45)42-31)37(48)28-20-50-30(40-28)16-25-13-9-6-10-14-25/h5-14,19-22,26,31H,15-18H2,1-4H3,(H,38,47)(H,39,46)(H,42,45)/t22-,26-,31+/m1/s1. The van der Waals surface area contributed by atoms with Crippen LogP contribution in [0.5, 0.6) is 0 Å². The van der Waals surface area contributed by atoms with E-state index in [-0.39, 0.29) is 42.0 Å². The fraction of sp³-hybridized carbons (Fsp3) is 0.324. The van der Waals surface area contributed by atoms with Gasteiger partial charge in [-0.3, -0.25) is 19.2 Å². The summed E-state index contributed by atoms with van der Waals surface area (Å²) < 4.78 is 5.94. The van der Waals surface area contributed by atoms with Crippen LogP contribution in [-0.4, -0.2) is 62.6 Å². The summed E-state index contributed by atoms with van der Waals surface area (Å²) in [6.45, 7) is 6.88. The normalized spacial score (nSPS) is 18.8. The number of hydrogen-bond donors (Lipinski definition) is 3. The highest BCUT2D eigenvalue weighted by atomic mass is 32.1. The Hall–Kier alpha value is -5.21. The van der Waals surface area contributed by atoms with E-state index in [0.717, 1.165) is 16.1 Å². The minimum atomic E-state index is -0.691. The number of aromatic nitrogens is 3. The van der Waals surface area contributed by atoms with Crippen molar-refractivity contribution in [1.82, 2.24) is 35.8 Å². The second-order valence-corrected chi connectivity index (χ2v) is 14.7. The summed E-state index contributed by atoms with van der Waals surface area (Å²) in [4.78, 5) is 70.1. The van der Waals surface area contributed by atoms with Crippen molar-refractivity contribution in [3.05, 3.63) is 121 Å². The Morgan fingerprint density at radius 1 is 0.902 bits per heavy atom. The molecule has 14 heteroatoms. The lowest BCUT2D eigenvalue weighted by molar-refractivity contribution is -0.123. The second-order valence-electron chi connectivity index (χ2n) is 12.8. The Kier molecular flexibility index (Phi) is 11.0. The van der Waals surface area contributed by atoms with Gasteiger partial charge in [0.1, 0.15) is 28.2 Å². The molecule has 2 aromatic carbocycles. The summed E-state index contributed by atoms with van der Waals surface area (Å²) in [6.07, 6.45) is 0.941. The molecular formula is C37H39N7O5S2. The molecule has 3 aromatic heterocycles. The first kappa shape index (κ1) is 35.6. The summed E-state index contributed by atoms with van der Waals surface area (Å²) in [5, 5.41) is 13.6. The van der Waals surface area contributed by atoms with Crippen molar-refractivity contribution in [2.24, 2.45) is 5.92 Å². The molecule has 264 valence electrons. The molecular weight excluding hydrogens is 687 g/mol. The molecule has 1 aliphatic rings. The average Bonchev–Trinajstić information content (AvgIpc) is 3.87. The lowest BCUT2D eigenvalue weighted by Gasteiger charge is -2.28. The van der Waals surface area contributed by atoms with Crippen molar-refractivity contribution < 1.29 is 23.6 Å². The van der Waals surface area contributed by atoms with Crippen molar-refractivity contribution >= 4 is 46.3 Å². The molecule has 1 aliphatic heterocycles. The van der Waals surface area contributed by atoms with E-state index < -0.39 is 41.8 Å². The third-order valence-electron chi connectivity index (χ3n) is 8.44. The molecule has 3 atom stereocenters. The topological polar surface area (TPSA) is 159 Å². The number of nitrogens with one attached hydrogen (secondary N) is 3. The van der Waals surface area contributed by atoms with E-state index in [1.165, 1.54) is 27.6 Å². The molecule has 4 bridgehead atoms. The van der Waals surface area contributed by atoms with Gasteiger partial charge in [0.25, 0.3) is 17.7 Å². The molecule has 0 aliphatic carbocycles. The van der Waals surface area contributed by atoms with E-state index in [9.17, 15) is 19.2 Å². The fourth-order valence-electron chi connectivity index (χ4n) is 5.81. The zero-order valence-corrected chi connectivity index (χ0v) is 30.3. The molecule has 6 rings (SSSR count). The maximum absolute atomic E-state index is 14.2. The Morgan fingerprint density at radius 3 is 2.31 bits per heavy atom. The highest BCUT2D eigenvalue weighted by Crippen LogP contribution is 2.25. The zero-order valence-electron chi connectivity index (χ0n) is 28.7. The minimum Gasteiger partial charge on any atom is -0.443 e. The van der Waals surface area contributed by atoms with Gasteiger partial charge in [0.15, 0.2) is 5.69 Å². The molecule has 0 saturated heterocycles. The first-order chi connectivity index (χ1) is 24.5. The SMILES string of the molecule is Cc1oc2nc1C(=O)N[C@H](C)c1nc(cs1)C(=O)N[C@H](Cc1ccccc1)CN(C(=O)c1csc(Cc3ccccc3)n1)CC(=O)N[C@H]2C(C)C. The number of amides is 4. The largest absolute Gasteiger partial charge is 0.443 e. The maximum atomic E-state index is 14.2. The summed E-state index contributed by atoms with van der Waals surface area (Å²) in [5.74, 6) is -1.52. The lowest BCUT2D eigenvalue weighted by atomic mass is 10.0. The number of carbonyl (C=O) groups excluding carboxylic acids is 4. The van der Waals surface area contributed by atoms with Crippen molar-refractivity contribution in [2.75, 3.05) is 13.1 Å².